The summed E-state index contributed by atoms with van der Waals surface area (Å²) in [4.78, 5) is 18.2. The first kappa shape index (κ1) is 18.0. The summed E-state index contributed by atoms with van der Waals surface area (Å²) in [6.07, 6.45) is 0.847. The van der Waals surface area contributed by atoms with Gasteiger partial charge in [0.05, 0.1) is 19.2 Å². The molecule has 0 saturated heterocycles. The van der Waals surface area contributed by atoms with E-state index < -0.39 is 0 Å². The molecule has 2 aromatic rings. The molecule has 5 nitrogen and oxygen atoms in total. The van der Waals surface area contributed by atoms with E-state index >= 15 is 0 Å². The maximum atomic E-state index is 11.4. The van der Waals surface area contributed by atoms with E-state index in [9.17, 15) is 4.79 Å². The molecule has 128 valence electrons. The number of carbonyl (C=O) groups excluding carboxylic acids is 1. The van der Waals surface area contributed by atoms with Crippen molar-refractivity contribution in [1.29, 1.82) is 0 Å². The number of aliphatic imine (C=N–C) groups is 1. The van der Waals surface area contributed by atoms with Gasteiger partial charge in [-0.2, -0.15) is 0 Å². The summed E-state index contributed by atoms with van der Waals surface area (Å²) < 4.78 is 4.69. The molecule has 0 fully saturated rings. The Morgan fingerprint density at radius 2 is 1.92 bits per heavy atom. The highest BCUT2D eigenvalue weighted by atomic mass is 32.1. The molecule has 1 aromatic carbocycles. The zero-order chi connectivity index (χ0) is 17.4. The lowest BCUT2D eigenvalue weighted by atomic mass is 10.1. The molecule has 2 rings (SSSR count). The fourth-order valence-corrected chi connectivity index (χ4v) is 3.05. The Labute approximate surface area is 146 Å². The summed E-state index contributed by atoms with van der Waals surface area (Å²) in [6.45, 7) is 3.64. The molecule has 0 atom stereocenters. The van der Waals surface area contributed by atoms with Gasteiger partial charge in [0.2, 0.25) is 0 Å². The average molecular weight is 345 g/mol. The standard InChI is InChI=1S/C18H23N3O2S/c1-13-4-9-16(24-13)12-21-18(19-2)20-11-10-14-5-7-15(8-6-14)17(22)23-3/h4-9H,10-12H2,1-3H3,(H2,19,20,21). The number of ether oxygens (including phenoxy) is 1. The summed E-state index contributed by atoms with van der Waals surface area (Å²) in [5, 5.41) is 6.60. The van der Waals surface area contributed by atoms with Crippen LogP contribution in [0.15, 0.2) is 41.4 Å². The van der Waals surface area contributed by atoms with Gasteiger partial charge >= 0.3 is 5.97 Å². The number of esters is 1. The Balaban J connectivity index is 1.76. The van der Waals surface area contributed by atoms with E-state index in [0.717, 1.165) is 31.0 Å². The Bertz CT molecular complexity index is 693. The third kappa shape index (κ3) is 5.38. The first-order valence-electron chi connectivity index (χ1n) is 7.79. The molecule has 0 aliphatic rings. The number of benzene rings is 1. The number of hydrogen-bond donors (Lipinski definition) is 2. The number of thiophene rings is 1. The van der Waals surface area contributed by atoms with Crippen molar-refractivity contribution in [3.8, 4) is 0 Å². The number of nitrogens with one attached hydrogen (secondary N) is 2. The molecule has 0 saturated carbocycles. The molecule has 0 amide bonds. The number of hydrogen-bond acceptors (Lipinski definition) is 4. The minimum Gasteiger partial charge on any atom is -0.465 e. The molecule has 0 spiro atoms. The van der Waals surface area contributed by atoms with Crippen molar-refractivity contribution >= 4 is 23.3 Å². The van der Waals surface area contributed by atoms with Crippen molar-refractivity contribution in [3.05, 3.63) is 57.3 Å². The second-order valence-electron chi connectivity index (χ2n) is 5.30. The fraction of sp³-hybridized carbons (Fsp3) is 0.333. The lowest BCUT2D eigenvalue weighted by molar-refractivity contribution is 0.0600. The van der Waals surface area contributed by atoms with Gasteiger partial charge in [-0.25, -0.2) is 4.79 Å². The summed E-state index contributed by atoms with van der Waals surface area (Å²) >= 11 is 1.78. The molecule has 2 N–H and O–H groups in total. The van der Waals surface area contributed by atoms with Crippen LogP contribution in [0.4, 0.5) is 0 Å². The normalized spacial score (nSPS) is 11.2. The summed E-state index contributed by atoms with van der Waals surface area (Å²) in [5.74, 6) is 0.473. The van der Waals surface area contributed by atoms with Crippen LogP contribution in [0, 0.1) is 6.92 Å². The van der Waals surface area contributed by atoms with E-state index in [-0.39, 0.29) is 5.97 Å². The highest BCUT2D eigenvalue weighted by Crippen LogP contribution is 2.14. The van der Waals surface area contributed by atoms with E-state index in [1.54, 1.807) is 30.5 Å². The van der Waals surface area contributed by atoms with E-state index in [4.69, 9.17) is 4.74 Å². The molecule has 0 radical (unpaired) electrons. The van der Waals surface area contributed by atoms with Gasteiger partial charge < -0.3 is 15.4 Å². The van der Waals surface area contributed by atoms with Gasteiger partial charge in [0, 0.05) is 23.3 Å². The molecule has 0 aliphatic carbocycles. The van der Waals surface area contributed by atoms with E-state index in [2.05, 4.69) is 34.7 Å². The minimum atomic E-state index is -0.312. The molecule has 0 unspecified atom stereocenters. The SMILES string of the molecule is CN=C(NCCc1ccc(C(=O)OC)cc1)NCc1ccc(C)s1. The molecular weight excluding hydrogens is 322 g/mol. The average Bonchev–Trinajstić information content (AvgIpc) is 3.03. The monoisotopic (exact) mass is 345 g/mol. The predicted molar refractivity (Wildman–Crippen MR) is 98.7 cm³/mol. The molecule has 24 heavy (non-hydrogen) atoms. The van der Waals surface area contributed by atoms with Crippen LogP contribution < -0.4 is 10.6 Å². The van der Waals surface area contributed by atoms with Crippen molar-refractivity contribution in [2.45, 2.75) is 19.9 Å². The van der Waals surface area contributed by atoms with Crippen molar-refractivity contribution in [2.24, 2.45) is 4.99 Å². The molecule has 0 aliphatic heterocycles. The largest absolute Gasteiger partial charge is 0.465 e. The zero-order valence-corrected chi connectivity index (χ0v) is 15.1. The van der Waals surface area contributed by atoms with Crippen LogP contribution in [0.1, 0.15) is 25.7 Å². The van der Waals surface area contributed by atoms with Gasteiger partial charge in [-0.3, -0.25) is 4.99 Å². The van der Waals surface area contributed by atoms with E-state index in [1.165, 1.54) is 16.9 Å². The Kier molecular flexibility index (Phi) is 6.81. The Morgan fingerprint density at radius 1 is 1.17 bits per heavy atom. The van der Waals surface area contributed by atoms with Gasteiger partial charge in [0.1, 0.15) is 0 Å². The van der Waals surface area contributed by atoms with Crippen molar-refractivity contribution in [3.63, 3.8) is 0 Å². The van der Waals surface area contributed by atoms with Crippen LogP contribution in [-0.4, -0.2) is 32.6 Å². The maximum Gasteiger partial charge on any atom is 0.337 e. The van der Waals surface area contributed by atoms with Crippen molar-refractivity contribution < 1.29 is 9.53 Å². The number of methoxy groups -OCH3 is 1. The molecular formula is C18H23N3O2S. The maximum absolute atomic E-state index is 11.4. The predicted octanol–water partition coefficient (Wildman–Crippen LogP) is 2.75. The fourth-order valence-electron chi connectivity index (χ4n) is 2.22. The van der Waals surface area contributed by atoms with Crippen LogP contribution in [0.25, 0.3) is 0 Å². The lowest BCUT2D eigenvalue weighted by Crippen LogP contribution is -2.37. The number of guanidine groups is 1. The molecule has 1 aromatic heterocycles. The third-order valence-electron chi connectivity index (χ3n) is 3.53. The van der Waals surface area contributed by atoms with Gasteiger partial charge in [-0.05, 0) is 43.2 Å². The smallest absolute Gasteiger partial charge is 0.337 e. The molecule has 0 bridgehead atoms. The zero-order valence-electron chi connectivity index (χ0n) is 14.3. The van der Waals surface area contributed by atoms with E-state index in [0.29, 0.717) is 5.56 Å². The molecule has 6 heteroatoms. The number of carbonyl (C=O) groups is 1. The Hall–Kier alpha value is -2.34. The summed E-state index contributed by atoms with van der Waals surface area (Å²) in [7, 11) is 3.15. The minimum absolute atomic E-state index is 0.312. The lowest BCUT2D eigenvalue weighted by Gasteiger charge is -2.11. The van der Waals surface area contributed by atoms with Crippen LogP contribution in [-0.2, 0) is 17.7 Å². The molecule has 1 heterocycles. The highest BCUT2D eigenvalue weighted by Gasteiger charge is 2.04. The van der Waals surface area contributed by atoms with Crippen molar-refractivity contribution in [1.82, 2.24) is 10.6 Å². The van der Waals surface area contributed by atoms with Crippen molar-refractivity contribution in [2.75, 3.05) is 20.7 Å². The van der Waals surface area contributed by atoms with Gasteiger partial charge in [0.15, 0.2) is 5.96 Å². The topological polar surface area (TPSA) is 62.7 Å². The summed E-state index contributed by atoms with van der Waals surface area (Å²) in [6, 6.07) is 11.7. The number of rotatable bonds is 6. The quantitative estimate of drug-likeness (QED) is 0.480. The number of nitrogens with zero attached hydrogens (tertiary/aromatic N) is 1. The second kappa shape index (κ2) is 9.08. The first-order chi connectivity index (χ1) is 11.6. The van der Waals surface area contributed by atoms with Gasteiger partial charge in [0.25, 0.3) is 0 Å². The Morgan fingerprint density at radius 3 is 2.50 bits per heavy atom. The van der Waals surface area contributed by atoms with Crippen LogP contribution >= 0.6 is 11.3 Å². The van der Waals surface area contributed by atoms with Gasteiger partial charge in [-0.15, -0.1) is 11.3 Å². The highest BCUT2D eigenvalue weighted by molar-refractivity contribution is 7.11. The third-order valence-corrected chi connectivity index (χ3v) is 4.53. The summed E-state index contributed by atoms with van der Waals surface area (Å²) in [5.41, 5.74) is 1.72. The number of aryl methyl sites for hydroxylation is 1. The van der Waals surface area contributed by atoms with E-state index in [1.807, 2.05) is 12.1 Å². The second-order valence-corrected chi connectivity index (χ2v) is 6.68. The van der Waals surface area contributed by atoms with Crippen LogP contribution in [0.2, 0.25) is 0 Å². The van der Waals surface area contributed by atoms with Crippen LogP contribution in [0.5, 0.6) is 0 Å². The first-order valence-corrected chi connectivity index (χ1v) is 8.61. The van der Waals surface area contributed by atoms with Gasteiger partial charge in [-0.1, -0.05) is 12.1 Å². The van der Waals surface area contributed by atoms with Crippen LogP contribution in [0.3, 0.4) is 0 Å².